The van der Waals surface area contributed by atoms with E-state index in [1.807, 2.05) is 13.0 Å². The third-order valence-corrected chi connectivity index (χ3v) is 3.63. The van der Waals surface area contributed by atoms with E-state index in [-0.39, 0.29) is 24.1 Å². The fraction of sp³-hybridized carbons (Fsp3) is 0.400. The molecule has 0 N–H and O–H groups in total. The molecule has 2 aromatic rings. The summed E-state index contributed by atoms with van der Waals surface area (Å²) in [5.41, 5.74) is 0.532. The van der Waals surface area contributed by atoms with Crippen molar-refractivity contribution >= 4 is 5.91 Å². The summed E-state index contributed by atoms with van der Waals surface area (Å²) in [5, 5.41) is 11.8. The lowest BCUT2D eigenvalue weighted by Crippen LogP contribution is -2.36. The van der Waals surface area contributed by atoms with E-state index in [1.165, 1.54) is 12.3 Å². The van der Waals surface area contributed by atoms with Gasteiger partial charge in [-0.2, -0.15) is 10.2 Å². The number of aryl methyl sites for hydroxylation is 1. The predicted molar refractivity (Wildman–Crippen MR) is 80.9 cm³/mol. The summed E-state index contributed by atoms with van der Waals surface area (Å²) in [6.45, 7) is 2.85. The van der Waals surface area contributed by atoms with Crippen molar-refractivity contribution in [3.05, 3.63) is 46.5 Å². The Morgan fingerprint density at radius 2 is 2.22 bits per heavy atom. The topological polar surface area (TPSA) is 90.2 Å². The van der Waals surface area contributed by atoms with Crippen LogP contribution < -0.4 is 10.3 Å². The first kappa shape index (κ1) is 15.1. The Kier molecular flexibility index (Phi) is 4.31. The van der Waals surface area contributed by atoms with Crippen LogP contribution in [0.4, 0.5) is 0 Å². The predicted octanol–water partition coefficient (Wildman–Crippen LogP) is 0.0216. The van der Waals surface area contributed by atoms with Crippen LogP contribution in [0.3, 0.4) is 0 Å². The van der Waals surface area contributed by atoms with Crippen molar-refractivity contribution in [3.8, 4) is 5.88 Å². The second-order valence-electron chi connectivity index (χ2n) is 5.40. The van der Waals surface area contributed by atoms with Gasteiger partial charge in [-0.15, -0.1) is 5.10 Å². The lowest BCUT2D eigenvalue weighted by molar-refractivity contribution is -0.131. The van der Waals surface area contributed by atoms with Crippen molar-refractivity contribution in [1.29, 1.82) is 0 Å². The van der Waals surface area contributed by atoms with Gasteiger partial charge in [0.05, 0.1) is 12.2 Å². The van der Waals surface area contributed by atoms with Crippen LogP contribution in [0.25, 0.3) is 0 Å². The molecule has 1 amide bonds. The summed E-state index contributed by atoms with van der Waals surface area (Å²) in [6, 6.07) is 6.52. The van der Waals surface area contributed by atoms with Gasteiger partial charge in [0, 0.05) is 31.3 Å². The molecule has 0 spiro atoms. The van der Waals surface area contributed by atoms with E-state index in [1.54, 1.807) is 17.0 Å². The number of likely N-dealkylation sites (tertiary alicyclic amines) is 1. The van der Waals surface area contributed by atoms with Crippen LogP contribution in [-0.2, 0) is 11.3 Å². The van der Waals surface area contributed by atoms with Crippen LogP contribution in [0.5, 0.6) is 5.88 Å². The van der Waals surface area contributed by atoms with Crippen LogP contribution >= 0.6 is 0 Å². The number of hydrogen-bond donors (Lipinski definition) is 0. The maximum Gasteiger partial charge on any atom is 0.267 e. The van der Waals surface area contributed by atoms with Crippen LogP contribution in [0.1, 0.15) is 12.1 Å². The highest BCUT2D eigenvalue weighted by Crippen LogP contribution is 2.16. The molecule has 0 saturated carbocycles. The molecule has 0 bridgehead atoms. The number of rotatable bonds is 4. The van der Waals surface area contributed by atoms with Gasteiger partial charge in [0.2, 0.25) is 11.8 Å². The number of ether oxygens (including phenoxy) is 1. The Bertz CT molecular complexity index is 743. The molecule has 1 saturated heterocycles. The Labute approximate surface area is 132 Å². The fourth-order valence-electron chi connectivity index (χ4n) is 2.41. The van der Waals surface area contributed by atoms with Gasteiger partial charge in [-0.1, -0.05) is 0 Å². The van der Waals surface area contributed by atoms with Gasteiger partial charge < -0.3 is 9.64 Å². The van der Waals surface area contributed by atoms with Gasteiger partial charge in [-0.25, -0.2) is 4.68 Å². The van der Waals surface area contributed by atoms with Crippen molar-refractivity contribution in [3.63, 3.8) is 0 Å². The second-order valence-corrected chi connectivity index (χ2v) is 5.40. The highest BCUT2D eigenvalue weighted by Gasteiger charge is 2.28. The van der Waals surface area contributed by atoms with Crippen LogP contribution in [0, 0.1) is 6.92 Å². The number of hydrogen-bond acceptors (Lipinski definition) is 6. The Morgan fingerprint density at radius 3 is 2.96 bits per heavy atom. The Hall–Kier alpha value is -2.77. The number of carbonyl (C=O) groups is 1. The van der Waals surface area contributed by atoms with Crippen molar-refractivity contribution in [2.45, 2.75) is 26.0 Å². The third-order valence-electron chi connectivity index (χ3n) is 3.63. The average molecular weight is 315 g/mol. The van der Waals surface area contributed by atoms with E-state index in [4.69, 9.17) is 4.74 Å². The molecule has 0 unspecified atom stereocenters. The van der Waals surface area contributed by atoms with Gasteiger partial charge in [0.25, 0.3) is 5.56 Å². The molecular formula is C15H17N5O3. The maximum absolute atomic E-state index is 12.3. The standard InChI is InChI=1S/C15H17N5O3/c1-11-4-5-13(18-17-11)23-12-6-8-19(9-12)15(22)10-20-14(21)3-2-7-16-20/h2-5,7,12H,6,8-10H2,1H3/t12-/m1/s1. The molecule has 3 rings (SSSR count). The van der Waals surface area contributed by atoms with E-state index >= 15 is 0 Å². The number of carbonyl (C=O) groups excluding carboxylic acids is 1. The first-order valence-corrected chi connectivity index (χ1v) is 7.39. The molecule has 2 aromatic heterocycles. The normalized spacial score (nSPS) is 17.3. The quantitative estimate of drug-likeness (QED) is 0.790. The van der Waals surface area contributed by atoms with E-state index in [0.717, 1.165) is 16.8 Å². The minimum Gasteiger partial charge on any atom is -0.471 e. The monoisotopic (exact) mass is 315 g/mol. The second kappa shape index (κ2) is 6.55. The van der Waals surface area contributed by atoms with E-state index in [9.17, 15) is 9.59 Å². The highest BCUT2D eigenvalue weighted by atomic mass is 16.5. The summed E-state index contributed by atoms with van der Waals surface area (Å²) in [4.78, 5) is 25.5. The van der Waals surface area contributed by atoms with E-state index in [0.29, 0.717) is 19.0 Å². The zero-order valence-corrected chi connectivity index (χ0v) is 12.8. The van der Waals surface area contributed by atoms with Crippen molar-refractivity contribution in [1.82, 2.24) is 24.9 Å². The maximum atomic E-state index is 12.3. The zero-order chi connectivity index (χ0) is 16.2. The first-order chi connectivity index (χ1) is 11.1. The molecular weight excluding hydrogens is 298 g/mol. The summed E-state index contributed by atoms with van der Waals surface area (Å²) in [5.74, 6) is 0.308. The van der Waals surface area contributed by atoms with Crippen LogP contribution in [-0.4, -0.2) is 50.0 Å². The molecule has 23 heavy (non-hydrogen) atoms. The van der Waals surface area contributed by atoms with Gasteiger partial charge >= 0.3 is 0 Å². The molecule has 1 atom stereocenters. The molecule has 1 aliphatic rings. The minimum atomic E-state index is -0.289. The van der Waals surface area contributed by atoms with Crippen molar-refractivity contribution in [2.75, 3.05) is 13.1 Å². The minimum absolute atomic E-state index is 0.0588. The lowest BCUT2D eigenvalue weighted by Gasteiger charge is -2.17. The fourth-order valence-corrected chi connectivity index (χ4v) is 2.41. The van der Waals surface area contributed by atoms with Gasteiger partial charge in [0.1, 0.15) is 12.6 Å². The largest absolute Gasteiger partial charge is 0.471 e. The van der Waals surface area contributed by atoms with Crippen LogP contribution in [0.2, 0.25) is 0 Å². The first-order valence-electron chi connectivity index (χ1n) is 7.39. The molecule has 1 fully saturated rings. The summed E-state index contributed by atoms with van der Waals surface area (Å²) >= 11 is 0. The highest BCUT2D eigenvalue weighted by molar-refractivity contribution is 5.76. The van der Waals surface area contributed by atoms with Crippen molar-refractivity contribution in [2.24, 2.45) is 0 Å². The molecule has 0 aliphatic carbocycles. The molecule has 0 aromatic carbocycles. The van der Waals surface area contributed by atoms with E-state index in [2.05, 4.69) is 15.3 Å². The zero-order valence-electron chi connectivity index (χ0n) is 12.8. The lowest BCUT2D eigenvalue weighted by atomic mass is 10.3. The SMILES string of the molecule is Cc1ccc(O[C@@H]2CCN(C(=O)Cn3ncccc3=O)C2)nn1. The van der Waals surface area contributed by atoms with E-state index < -0.39 is 0 Å². The molecule has 0 radical (unpaired) electrons. The summed E-state index contributed by atoms with van der Waals surface area (Å²) in [7, 11) is 0. The molecule has 8 heteroatoms. The summed E-state index contributed by atoms with van der Waals surface area (Å²) < 4.78 is 6.89. The molecule has 1 aliphatic heterocycles. The summed E-state index contributed by atoms with van der Waals surface area (Å²) in [6.07, 6.45) is 2.09. The molecule has 120 valence electrons. The molecule has 3 heterocycles. The smallest absolute Gasteiger partial charge is 0.267 e. The van der Waals surface area contributed by atoms with Crippen molar-refractivity contribution < 1.29 is 9.53 Å². The van der Waals surface area contributed by atoms with Gasteiger partial charge in [0.15, 0.2) is 0 Å². The number of amides is 1. The Balaban J connectivity index is 1.57. The Morgan fingerprint density at radius 1 is 1.35 bits per heavy atom. The molecule has 8 nitrogen and oxygen atoms in total. The number of aromatic nitrogens is 4. The third kappa shape index (κ3) is 3.71. The number of nitrogens with zero attached hydrogens (tertiary/aromatic N) is 5. The van der Waals surface area contributed by atoms with Gasteiger partial charge in [-0.05, 0) is 19.1 Å². The van der Waals surface area contributed by atoms with Crippen LogP contribution in [0.15, 0.2) is 35.3 Å². The van der Waals surface area contributed by atoms with Gasteiger partial charge in [-0.3, -0.25) is 9.59 Å². The average Bonchev–Trinajstić information content (AvgIpc) is 3.00.